The van der Waals surface area contributed by atoms with E-state index in [2.05, 4.69) is 0 Å². The van der Waals surface area contributed by atoms with Crippen molar-refractivity contribution in [3.63, 3.8) is 0 Å². The van der Waals surface area contributed by atoms with Crippen LogP contribution in [0, 0.1) is 5.92 Å². The number of ether oxygens (including phenoxy) is 1. The van der Waals surface area contributed by atoms with Crippen LogP contribution in [0.1, 0.15) is 30.1 Å². The van der Waals surface area contributed by atoms with Crippen LogP contribution < -0.4 is 0 Å². The Kier molecular flexibility index (Phi) is 6.19. The smallest absolute Gasteiger partial charge is 0.310 e. The van der Waals surface area contributed by atoms with E-state index in [9.17, 15) is 14.4 Å². The molecule has 0 aliphatic carbocycles. The first-order chi connectivity index (χ1) is 12.6. The molecule has 140 valence electrons. The van der Waals surface area contributed by atoms with E-state index in [0.717, 1.165) is 12.8 Å². The van der Waals surface area contributed by atoms with Gasteiger partial charge in [0.05, 0.1) is 18.4 Å². The first-order valence-electron chi connectivity index (χ1n) is 9.01. The van der Waals surface area contributed by atoms with Gasteiger partial charge in [0, 0.05) is 24.4 Å². The summed E-state index contributed by atoms with van der Waals surface area (Å²) in [6.45, 7) is 3.14. The van der Waals surface area contributed by atoms with Gasteiger partial charge in [-0.1, -0.05) is 18.2 Å². The summed E-state index contributed by atoms with van der Waals surface area (Å²) >= 11 is 1.59. The summed E-state index contributed by atoms with van der Waals surface area (Å²) in [7, 11) is 0. The Labute approximate surface area is 157 Å². The van der Waals surface area contributed by atoms with E-state index in [-0.39, 0.29) is 23.7 Å². The van der Waals surface area contributed by atoms with E-state index < -0.39 is 6.04 Å². The van der Waals surface area contributed by atoms with Gasteiger partial charge >= 0.3 is 5.97 Å². The number of amides is 2. The fraction of sp³-hybridized carbons (Fsp3) is 0.526. The van der Waals surface area contributed by atoms with Gasteiger partial charge in [0.15, 0.2) is 0 Å². The third kappa shape index (κ3) is 4.03. The van der Waals surface area contributed by atoms with Gasteiger partial charge in [0.25, 0.3) is 5.91 Å². The second-order valence-corrected chi connectivity index (χ2v) is 7.53. The van der Waals surface area contributed by atoms with Crippen LogP contribution in [-0.2, 0) is 14.3 Å². The number of hydrogen-bond acceptors (Lipinski definition) is 5. The summed E-state index contributed by atoms with van der Waals surface area (Å²) in [6.07, 6.45) is 1.52. The number of nitrogens with zero attached hydrogens (tertiary/aromatic N) is 2. The van der Waals surface area contributed by atoms with E-state index in [1.165, 1.54) is 0 Å². The molecule has 2 amide bonds. The third-order valence-electron chi connectivity index (χ3n) is 4.80. The van der Waals surface area contributed by atoms with Crippen LogP contribution in [0.3, 0.4) is 0 Å². The first-order valence-corrected chi connectivity index (χ1v) is 10.2. The lowest BCUT2D eigenvalue weighted by molar-refractivity contribution is -0.151. The highest BCUT2D eigenvalue weighted by Gasteiger charge is 2.39. The topological polar surface area (TPSA) is 66.9 Å². The molecule has 7 heteroatoms. The van der Waals surface area contributed by atoms with Crippen molar-refractivity contribution in [2.24, 2.45) is 5.92 Å². The zero-order valence-corrected chi connectivity index (χ0v) is 15.7. The number of benzene rings is 1. The Bertz CT molecular complexity index is 667. The van der Waals surface area contributed by atoms with Gasteiger partial charge in [-0.2, -0.15) is 0 Å². The molecule has 2 aliphatic rings. The van der Waals surface area contributed by atoms with Crippen molar-refractivity contribution in [1.29, 1.82) is 0 Å². The molecule has 0 N–H and O–H groups in total. The monoisotopic (exact) mass is 376 g/mol. The van der Waals surface area contributed by atoms with Crippen LogP contribution in [0.25, 0.3) is 0 Å². The second-order valence-electron chi connectivity index (χ2n) is 6.53. The molecule has 2 fully saturated rings. The average Bonchev–Trinajstić information content (AvgIpc) is 3.17. The largest absolute Gasteiger partial charge is 0.466 e. The predicted molar refractivity (Wildman–Crippen MR) is 99.7 cm³/mol. The molecule has 0 bridgehead atoms. The number of likely N-dealkylation sites (tertiary alicyclic amines) is 1. The van der Waals surface area contributed by atoms with Gasteiger partial charge in [-0.3, -0.25) is 14.4 Å². The summed E-state index contributed by atoms with van der Waals surface area (Å²) in [5.41, 5.74) is 0.593. The van der Waals surface area contributed by atoms with Gasteiger partial charge in [0.1, 0.15) is 6.04 Å². The molecule has 2 saturated heterocycles. The van der Waals surface area contributed by atoms with Crippen molar-refractivity contribution < 1.29 is 19.1 Å². The lowest BCUT2D eigenvalue weighted by Crippen LogP contribution is -2.52. The van der Waals surface area contributed by atoms with Crippen LogP contribution in [0.5, 0.6) is 0 Å². The molecule has 0 spiro atoms. The van der Waals surface area contributed by atoms with Gasteiger partial charge in [-0.05, 0) is 31.9 Å². The molecule has 6 nitrogen and oxygen atoms in total. The van der Waals surface area contributed by atoms with E-state index >= 15 is 0 Å². The molecule has 0 unspecified atom stereocenters. The van der Waals surface area contributed by atoms with Crippen molar-refractivity contribution in [2.45, 2.75) is 25.8 Å². The summed E-state index contributed by atoms with van der Waals surface area (Å²) in [5.74, 6) is 0.432. The van der Waals surface area contributed by atoms with E-state index in [1.807, 2.05) is 18.2 Å². The standard InChI is InChI=1S/C19H24N2O4S/c1-2-25-19(24)15-9-6-10-20(11-15)18(23)16-12-26-13-21(16)17(22)14-7-4-3-5-8-14/h3-5,7-8,15-16H,2,6,9-13H2,1H3/t15-,16-/m0/s1. The normalized spacial score (nSPS) is 23.0. The highest BCUT2D eigenvalue weighted by atomic mass is 32.2. The van der Waals surface area contributed by atoms with E-state index in [1.54, 1.807) is 40.6 Å². The number of carbonyl (C=O) groups is 3. The fourth-order valence-corrected chi connectivity index (χ4v) is 4.58. The third-order valence-corrected chi connectivity index (χ3v) is 5.81. The lowest BCUT2D eigenvalue weighted by atomic mass is 9.97. The van der Waals surface area contributed by atoms with Crippen molar-refractivity contribution in [2.75, 3.05) is 31.3 Å². The zero-order chi connectivity index (χ0) is 18.5. The highest BCUT2D eigenvalue weighted by Crippen LogP contribution is 2.27. The van der Waals surface area contributed by atoms with Crippen molar-refractivity contribution in [3.8, 4) is 0 Å². The summed E-state index contributed by atoms with van der Waals surface area (Å²) in [6, 6.07) is 8.58. The quantitative estimate of drug-likeness (QED) is 0.752. The molecule has 3 rings (SSSR count). The maximum absolute atomic E-state index is 13.0. The lowest BCUT2D eigenvalue weighted by Gasteiger charge is -2.35. The first kappa shape index (κ1) is 18.8. The molecule has 0 saturated carbocycles. The van der Waals surface area contributed by atoms with Crippen molar-refractivity contribution in [3.05, 3.63) is 35.9 Å². The summed E-state index contributed by atoms with van der Waals surface area (Å²) < 4.78 is 5.11. The van der Waals surface area contributed by atoms with Gasteiger partial charge in [0.2, 0.25) is 5.91 Å². The van der Waals surface area contributed by atoms with Crippen LogP contribution >= 0.6 is 11.8 Å². The number of carbonyl (C=O) groups excluding carboxylic acids is 3. The van der Waals surface area contributed by atoms with E-state index in [0.29, 0.717) is 36.9 Å². The van der Waals surface area contributed by atoms with Crippen LogP contribution in [-0.4, -0.2) is 65.0 Å². The number of rotatable bonds is 4. The molecule has 1 aromatic rings. The number of thioether (sulfide) groups is 1. The molecular weight excluding hydrogens is 352 g/mol. The molecule has 2 atom stereocenters. The Morgan fingerprint density at radius 1 is 1.23 bits per heavy atom. The number of esters is 1. The van der Waals surface area contributed by atoms with Crippen LogP contribution in [0.15, 0.2) is 30.3 Å². The van der Waals surface area contributed by atoms with Crippen molar-refractivity contribution >= 4 is 29.5 Å². The zero-order valence-electron chi connectivity index (χ0n) is 14.9. The predicted octanol–water partition coefficient (Wildman–Crippen LogP) is 2.00. The summed E-state index contributed by atoms with van der Waals surface area (Å²) in [5, 5.41) is 0. The average molecular weight is 376 g/mol. The van der Waals surface area contributed by atoms with Gasteiger partial charge in [-0.15, -0.1) is 11.8 Å². The van der Waals surface area contributed by atoms with Gasteiger partial charge in [-0.25, -0.2) is 0 Å². The Morgan fingerprint density at radius 3 is 2.73 bits per heavy atom. The maximum atomic E-state index is 13.0. The van der Waals surface area contributed by atoms with E-state index in [4.69, 9.17) is 4.74 Å². The van der Waals surface area contributed by atoms with Crippen LogP contribution in [0.2, 0.25) is 0 Å². The van der Waals surface area contributed by atoms with Gasteiger partial charge < -0.3 is 14.5 Å². The molecule has 2 heterocycles. The fourth-order valence-electron chi connectivity index (χ4n) is 3.43. The Hall–Kier alpha value is -2.02. The van der Waals surface area contributed by atoms with Crippen molar-refractivity contribution in [1.82, 2.24) is 9.80 Å². The Balaban J connectivity index is 1.68. The minimum absolute atomic E-state index is 0.0618. The summed E-state index contributed by atoms with van der Waals surface area (Å²) in [4.78, 5) is 41.2. The molecule has 26 heavy (non-hydrogen) atoms. The molecule has 1 aromatic carbocycles. The molecule has 0 radical (unpaired) electrons. The molecule has 2 aliphatic heterocycles. The number of hydrogen-bond donors (Lipinski definition) is 0. The minimum atomic E-state index is -0.464. The highest BCUT2D eigenvalue weighted by molar-refractivity contribution is 7.99. The van der Waals surface area contributed by atoms with Crippen LogP contribution in [0.4, 0.5) is 0 Å². The molecular formula is C19H24N2O4S. The SMILES string of the molecule is CCOC(=O)[C@H]1CCCN(C(=O)[C@@H]2CSCN2C(=O)c2ccccc2)C1. The Morgan fingerprint density at radius 2 is 2.00 bits per heavy atom. The molecule has 0 aromatic heterocycles. The minimum Gasteiger partial charge on any atom is -0.466 e. The second kappa shape index (κ2) is 8.58. The number of piperidine rings is 1. The maximum Gasteiger partial charge on any atom is 0.310 e.